The van der Waals surface area contributed by atoms with Gasteiger partial charge in [0.25, 0.3) is 5.69 Å². The molecule has 214 valence electrons. The van der Waals surface area contributed by atoms with Crippen molar-refractivity contribution in [1.82, 2.24) is 0 Å². The second kappa shape index (κ2) is 11.1. The van der Waals surface area contributed by atoms with Gasteiger partial charge in [0, 0.05) is 28.2 Å². The highest BCUT2D eigenvalue weighted by Gasteiger charge is 2.46. The van der Waals surface area contributed by atoms with Crippen molar-refractivity contribution in [2.75, 3.05) is 4.90 Å². The summed E-state index contributed by atoms with van der Waals surface area (Å²) < 4.78 is 7.04. The van der Waals surface area contributed by atoms with E-state index in [1.54, 1.807) is 23.1 Å². The number of aryl methyl sites for hydroxylation is 1. The fraction of sp³-hybridized carbons (Fsp3) is 0.273. The minimum atomic E-state index is -0.709. The number of hydrogen-bond donors (Lipinski definition) is 1. The summed E-state index contributed by atoms with van der Waals surface area (Å²) in [6.45, 7) is 8.22. The Labute approximate surface area is 253 Å². The lowest BCUT2D eigenvalue weighted by atomic mass is 9.68. The van der Waals surface area contributed by atoms with E-state index in [1.165, 1.54) is 6.07 Å². The number of ketones is 1. The van der Waals surface area contributed by atoms with Gasteiger partial charge < -0.3 is 10.5 Å². The Morgan fingerprint density at radius 1 is 1.14 bits per heavy atom. The number of halogens is 1. The first-order valence-electron chi connectivity index (χ1n) is 13.6. The SMILES string of the molecule is Cc1cc(COc2ccc(Br)cc2)c(C)c(C2C(C#N)=C(N)N(c3ccccc3[N+](=O)[O-])C3=C2C(=O)CC(C)(C)C3)c1. The van der Waals surface area contributed by atoms with E-state index in [9.17, 15) is 20.2 Å². The Hall–Kier alpha value is -4.42. The number of nitriles is 1. The van der Waals surface area contributed by atoms with Crippen LogP contribution in [-0.4, -0.2) is 10.7 Å². The molecule has 0 amide bonds. The molecule has 2 N–H and O–H groups in total. The molecule has 2 aliphatic rings. The number of para-hydroxylation sites is 2. The van der Waals surface area contributed by atoms with Crippen molar-refractivity contribution < 1.29 is 14.5 Å². The van der Waals surface area contributed by atoms with Crippen molar-refractivity contribution in [1.29, 1.82) is 5.26 Å². The molecule has 3 aromatic rings. The summed E-state index contributed by atoms with van der Waals surface area (Å²) in [6.07, 6.45) is 0.747. The van der Waals surface area contributed by atoms with Crippen LogP contribution in [0, 0.1) is 40.7 Å². The number of carbonyl (C=O) groups is 1. The minimum Gasteiger partial charge on any atom is -0.489 e. The number of ether oxygens (including phenoxy) is 1. The van der Waals surface area contributed by atoms with E-state index >= 15 is 0 Å². The number of benzene rings is 3. The normalized spacial score (nSPS) is 18.0. The van der Waals surface area contributed by atoms with Crippen LogP contribution >= 0.6 is 15.9 Å². The van der Waals surface area contributed by atoms with Crippen LogP contribution in [-0.2, 0) is 11.4 Å². The van der Waals surface area contributed by atoms with Gasteiger partial charge in [0.2, 0.25) is 0 Å². The van der Waals surface area contributed by atoms with Crippen LogP contribution in [0.1, 0.15) is 54.9 Å². The molecule has 0 spiro atoms. The van der Waals surface area contributed by atoms with Crippen molar-refractivity contribution in [2.45, 2.75) is 53.1 Å². The molecular formula is C33H31BrN4O4. The molecule has 42 heavy (non-hydrogen) atoms. The molecule has 8 nitrogen and oxygen atoms in total. The number of anilines is 1. The number of allylic oxidation sites excluding steroid dienone is 3. The third kappa shape index (κ3) is 5.30. The molecule has 0 saturated heterocycles. The fourth-order valence-corrected chi connectivity index (χ4v) is 6.27. The molecule has 9 heteroatoms. The molecule has 0 bridgehead atoms. The van der Waals surface area contributed by atoms with Crippen molar-refractivity contribution in [3.8, 4) is 11.8 Å². The Morgan fingerprint density at radius 2 is 1.83 bits per heavy atom. The van der Waals surface area contributed by atoms with Gasteiger partial charge in [0.1, 0.15) is 23.9 Å². The third-order valence-electron chi connectivity index (χ3n) is 7.92. The summed E-state index contributed by atoms with van der Waals surface area (Å²) in [6, 6.07) is 20.2. The molecular weight excluding hydrogens is 596 g/mol. The fourth-order valence-electron chi connectivity index (χ4n) is 6.01. The average Bonchev–Trinajstić information content (AvgIpc) is 2.93. The summed E-state index contributed by atoms with van der Waals surface area (Å²) in [4.78, 5) is 27.1. The zero-order valence-corrected chi connectivity index (χ0v) is 25.5. The number of nitro benzene ring substituents is 1. The molecule has 1 unspecified atom stereocenters. The number of carbonyl (C=O) groups excluding carboxylic acids is 1. The Balaban J connectivity index is 1.70. The standard InChI is InChI=1S/C33H31BrN4O4/c1-19-13-21(18-42-23-11-9-22(34)10-12-23)20(2)24(14-19)30-25(17-35)32(36)37(26-7-5-6-8-27(26)38(40)41)28-15-33(3,4)16-29(39)31(28)30/h5-14,30H,15-16,18,36H2,1-4H3. The molecule has 0 fully saturated rings. The van der Waals surface area contributed by atoms with Gasteiger partial charge in [0.15, 0.2) is 5.78 Å². The topological polar surface area (TPSA) is 122 Å². The highest BCUT2D eigenvalue weighted by Crippen LogP contribution is 2.52. The Bertz CT molecular complexity index is 1720. The third-order valence-corrected chi connectivity index (χ3v) is 8.45. The van der Waals surface area contributed by atoms with Gasteiger partial charge in [-0.2, -0.15) is 5.26 Å². The molecule has 1 aliphatic carbocycles. The molecule has 1 aliphatic heterocycles. The lowest BCUT2D eigenvalue weighted by Crippen LogP contribution is -2.42. The van der Waals surface area contributed by atoms with E-state index in [0.29, 0.717) is 24.3 Å². The average molecular weight is 628 g/mol. The molecule has 1 heterocycles. The molecule has 5 rings (SSSR count). The first-order valence-corrected chi connectivity index (χ1v) is 14.4. The predicted molar refractivity (Wildman–Crippen MR) is 165 cm³/mol. The predicted octanol–water partition coefficient (Wildman–Crippen LogP) is 7.49. The number of hydrogen-bond acceptors (Lipinski definition) is 7. The summed E-state index contributed by atoms with van der Waals surface area (Å²) in [5.41, 5.74) is 11.3. The van der Waals surface area contributed by atoms with E-state index in [1.807, 2.05) is 64.1 Å². The maximum Gasteiger partial charge on any atom is 0.293 e. The summed E-state index contributed by atoms with van der Waals surface area (Å²) in [5, 5.41) is 22.5. The Morgan fingerprint density at radius 3 is 2.50 bits per heavy atom. The van der Waals surface area contributed by atoms with Crippen LogP contribution in [0.3, 0.4) is 0 Å². The maximum absolute atomic E-state index is 14.0. The van der Waals surface area contributed by atoms with Crippen LogP contribution in [0.15, 0.2) is 87.8 Å². The molecule has 0 saturated carbocycles. The number of nitrogens with two attached hydrogens (primary N) is 1. The van der Waals surface area contributed by atoms with Crippen LogP contribution in [0.4, 0.5) is 11.4 Å². The summed E-state index contributed by atoms with van der Waals surface area (Å²) in [5.74, 6) is 0.00665. The second-order valence-corrected chi connectivity index (χ2v) is 12.5. The van der Waals surface area contributed by atoms with Crippen LogP contribution < -0.4 is 15.4 Å². The highest BCUT2D eigenvalue weighted by atomic mass is 79.9. The molecule has 1 atom stereocenters. The van der Waals surface area contributed by atoms with Gasteiger partial charge in [-0.15, -0.1) is 0 Å². The number of nitrogens with zero attached hydrogens (tertiary/aromatic N) is 3. The van der Waals surface area contributed by atoms with Gasteiger partial charge in [-0.3, -0.25) is 19.8 Å². The van der Waals surface area contributed by atoms with E-state index < -0.39 is 16.3 Å². The van der Waals surface area contributed by atoms with E-state index in [4.69, 9.17) is 10.5 Å². The van der Waals surface area contributed by atoms with Crippen molar-refractivity contribution in [3.05, 3.63) is 120 Å². The first-order chi connectivity index (χ1) is 19.9. The summed E-state index contributed by atoms with van der Waals surface area (Å²) >= 11 is 3.44. The number of nitro groups is 1. The Kier molecular flexibility index (Phi) is 7.69. The minimum absolute atomic E-state index is 0.0922. The van der Waals surface area contributed by atoms with Crippen LogP contribution in [0.25, 0.3) is 0 Å². The van der Waals surface area contributed by atoms with E-state index in [2.05, 4.69) is 22.0 Å². The number of rotatable bonds is 6. The zero-order chi connectivity index (χ0) is 30.3. The van der Waals surface area contributed by atoms with E-state index in [0.717, 1.165) is 32.5 Å². The molecule has 0 radical (unpaired) electrons. The lowest BCUT2D eigenvalue weighted by molar-refractivity contribution is -0.384. The monoisotopic (exact) mass is 626 g/mol. The zero-order valence-electron chi connectivity index (χ0n) is 23.9. The maximum atomic E-state index is 14.0. The molecule has 3 aromatic carbocycles. The quantitative estimate of drug-likeness (QED) is 0.222. The van der Waals surface area contributed by atoms with Crippen LogP contribution in [0.5, 0.6) is 5.75 Å². The second-order valence-electron chi connectivity index (χ2n) is 11.6. The van der Waals surface area contributed by atoms with Crippen LogP contribution in [0.2, 0.25) is 0 Å². The smallest absolute Gasteiger partial charge is 0.293 e. The van der Waals surface area contributed by atoms with Gasteiger partial charge in [-0.25, -0.2) is 0 Å². The van der Waals surface area contributed by atoms with Gasteiger partial charge in [-0.1, -0.05) is 59.6 Å². The van der Waals surface area contributed by atoms with E-state index in [-0.39, 0.29) is 35.0 Å². The van der Waals surface area contributed by atoms with Crippen molar-refractivity contribution in [3.63, 3.8) is 0 Å². The largest absolute Gasteiger partial charge is 0.489 e. The highest BCUT2D eigenvalue weighted by molar-refractivity contribution is 9.10. The first kappa shape index (κ1) is 29.1. The number of Topliss-reactive ketones (excluding diaryl/α,β-unsaturated/α-hetero) is 1. The van der Waals surface area contributed by atoms with Gasteiger partial charge in [-0.05, 0) is 72.7 Å². The van der Waals surface area contributed by atoms with Crippen molar-refractivity contribution >= 4 is 33.1 Å². The summed E-state index contributed by atoms with van der Waals surface area (Å²) in [7, 11) is 0. The van der Waals surface area contributed by atoms with Gasteiger partial charge in [0.05, 0.1) is 22.5 Å². The lowest BCUT2D eigenvalue weighted by Gasteiger charge is -2.43. The van der Waals surface area contributed by atoms with Gasteiger partial charge >= 0.3 is 0 Å². The molecule has 0 aromatic heterocycles. The van der Waals surface area contributed by atoms with Crippen molar-refractivity contribution in [2.24, 2.45) is 11.1 Å².